The highest BCUT2D eigenvalue weighted by molar-refractivity contribution is 8.15. The Morgan fingerprint density at radius 1 is 1.27 bits per heavy atom. The van der Waals surface area contributed by atoms with Crippen molar-refractivity contribution in [1.29, 1.82) is 0 Å². The summed E-state index contributed by atoms with van der Waals surface area (Å²) in [6.45, 7) is 7.72. The van der Waals surface area contributed by atoms with Crippen molar-refractivity contribution in [2.45, 2.75) is 76.3 Å². The molecular formula is C20H33N3O2S. The van der Waals surface area contributed by atoms with Gasteiger partial charge in [0.05, 0.1) is 10.8 Å². The molecule has 2 bridgehead atoms. The number of aliphatic hydroxyl groups is 1. The highest BCUT2D eigenvalue weighted by Crippen LogP contribution is 2.48. The van der Waals surface area contributed by atoms with Gasteiger partial charge < -0.3 is 15.3 Å². The lowest BCUT2D eigenvalue weighted by molar-refractivity contribution is -0.136. The van der Waals surface area contributed by atoms with Gasteiger partial charge in [0.15, 0.2) is 5.17 Å². The summed E-state index contributed by atoms with van der Waals surface area (Å²) in [6.07, 6.45) is 6.68. The number of thioether (sulfide) groups is 1. The number of fused-ring (bicyclic) bond motifs is 2. The van der Waals surface area contributed by atoms with Gasteiger partial charge >= 0.3 is 0 Å². The van der Waals surface area contributed by atoms with E-state index in [0.29, 0.717) is 12.0 Å². The predicted octanol–water partition coefficient (Wildman–Crippen LogP) is 2.84. The molecular weight excluding hydrogens is 346 g/mol. The number of carbonyl (C=O) groups excluding carboxylic acids is 1. The Labute approximate surface area is 161 Å². The van der Waals surface area contributed by atoms with Crippen molar-refractivity contribution >= 4 is 22.8 Å². The number of hydrogen-bond acceptors (Lipinski definition) is 4. The Morgan fingerprint density at radius 3 is 2.58 bits per heavy atom. The van der Waals surface area contributed by atoms with E-state index in [0.717, 1.165) is 42.9 Å². The van der Waals surface area contributed by atoms with Crippen LogP contribution in [0.2, 0.25) is 0 Å². The Balaban J connectivity index is 1.38. The van der Waals surface area contributed by atoms with Gasteiger partial charge in [-0.15, -0.1) is 0 Å². The predicted molar refractivity (Wildman–Crippen MR) is 106 cm³/mol. The maximum absolute atomic E-state index is 12.2. The number of hydrogen-bond donors (Lipinski definition) is 2. The molecule has 0 radical (unpaired) electrons. The molecule has 26 heavy (non-hydrogen) atoms. The molecule has 4 aliphatic rings. The summed E-state index contributed by atoms with van der Waals surface area (Å²) < 4.78 is -0.247. The third-order valence-corrected chi connectivity index (χ3v) is 8.63. The van der Waals surface area contributed by atoms with E-state index >= 15 is 0 Å². The normalized spacial score (nSPS) is 42.0. The largest absolute Gasteiger partial charge is 0.372 e. The minimum Gasteiger partial charge on any atom is -0.372 e. The number of amides is 1. The van der Waals surface area contributed by atoms with Crippen molar-refractivity contribution in [2.24, 2.45) is 28.7 Å². The van der Waals surface area contributed by atoms with Crippen molar-refractivity contribution in [2.75, 3.05) is 13.1 Å². The molecule has 1 amide bonds. The number of aliphatic imine (C=N–C) groups is 1. The van der Waals surface area contributed by atoms with Crippen molar-refractivity contribution in [1.82, 2.24) is 10.2 Å². The first-order chi connectivity index (χ1) is 12.4. The number of amidine groups is 1. The molecule has 0 spiro atoms. The average Bonchev–Trinajstić information content (AvgIpc) is 3.30. The summed E-state index contributed by atoms with van der Waals surface area (Å²) in [6, 6.07) is 0.462. The van der Waals surface area contributed by atoms with Crippen LogP contribution in [-0.2, 0) is 4.79 Å². The van der Waals surface area contributed by atoms with Gasteiger partial charge in [0.25, 0.3) is 0 Å². The van der Waals surface area contributed by atoms with Crippen LogP contribution >= 0.6 is 11.8 Å². The van der Waals surface area contributed by atoms with Crippen LogP contribution in [0.3, 0.4) is 0 Å². The third-order valence-electron chi connectivity index (χ3n) is 7.21. The molecule has 3 unspecified atom stereocenters. The second-order valence-electron chi connectivity index (χ2n) is 9.26. The standard InChI is InChI=1S/C20H33N3O2S/c1-12(2)17(24)23-8-6-15(7-9-23)20(3)18(25)22-19(26-20)21-16-11-13-4-5-14(16)10-13/h12-16,18,25H,4-11H2,1-3H3,(H,21,22)/t13-,14?,16+,18?,20?/m1/s1. The third kappa shape index (κ3) is 3.28. The van der Waals surface area contributed by atoms with Gasteiger partial charge in [0, 0.05) is 19.0 Å². The Hall–Kier alpha value is -0.750. The van der Waals surface area contributed by atoms with Gasteiger partial charge in [-0.1, -0.05) is 32.0 Å². The van der Waals surface area contributed by atoms with Crippen LogP contribution in [0.5, 0.6) is 0 Å². The lowest BCUT2D eigenvalue weighted by Gasteiger charge is -2.41. The molecule has 0 aromatic heterocycles. The maximum Gasteiger partial charge on any atom is 0.225 e. The lowest BCUT2D eigenvalue weighted by Crippen LogP contribution is -2.50. The van der Waals surface area contributed by atoms with Crippen molar-refractivity contribution in [3.05, 3.63) is 0 Å². The fourth-order valence-corrected chi connectivity index (χ4v) is 6.83. The number of rotatable bonds is 3. The van der Waals surface area contributed by atoms with Crippen LogP contribution < -0.4 is 5.32 Å². The van der Waals surface area contributed by atoms with Crippen LogP contribution in [0.1, 0.15) is 59.3 Å². The minimum absolute atomic E-state index is 0.0655. The average molecular weight is 380 g/mol. The molecule has 2 N–H and O–H groups in total. The topological polar surface area (TPSA) is 64.9 Å². The first-order valence-corrected chi connectivity index (χ1v) is 11.2. The van der Waals surface area contributed by atoms with Crippen LogP contribution in [-0.4, -0.2) is 51.2 Å². The summed E-state index contributed by atoms with van der Waals surface area (Å²) in [4.78, 5) is 19.2. The van der Waals surface area contributed by atoms with E-state index in [2.05, 4.69) is 12.2 Å². The van der Waals surface area contributed by atoms with Crippen molar-refractivity contribution in [3.8, 4) is 0 Å². The minimum atomic E-state index is -0.554. The monoisotopic (exact) mass is 379 g/mol. The number of likely N-dealkylation sites (tertiary alicyclic amines) is 1. The molecule has 146 valence electrons. The highest BCUT2D eigenvalue weighted by atomic mass is 32.2. The van der Waals surface area contributed by atoms with Crippen LogP contribution in [0.25, 0.3) is 0 Å². The lowest BCUT2D eigenvalue weighted by atomic mass is 9.83. The Morgan fingerprint density at radius 2 is 2.00 bits per heavy atom. The summed E-state index contributed by atoms with van der Waals surface area (Å²) >= 11 is 1.74. The maximum atomic E-state index is 12.2. The molecule has 5 atom stereocenters. The number of nitrogens with zero attached hydrogens (tertiary/aromatic N) is 2. The SMILES string of the molecule is CC(C)C(=O)N1CCC(C2(C)SC(=N[C@H]3C[C@@H]4CCC3C4)NC2O)CC1. The Kier molecular flexibility index (Phi) is 5.01. The van der Waals surface area contributed by atoms with E-state index in [9.17, 15) is 9.90 Å². The van der Waals surface area contributed by atoms with Crippen LogP contribution in [0.15, 0.2) is 4.99 Å². The van der Waals surface area contributed by atoms with Gasteiger partial charge in [0.1, 0.15) is 6.23 Å². The number of carbonyl (C=O) groups is 1. The van der Waals surface area contributed by atoms with Gasteiger partial charge in [-0.25, -0.2) is 0 Å². The van der Waals surface area contributed by atoms with E-state index in [-0.39, 0.29) is 16.6 Å². The van der Waals surface area contributed by atoms with E-state index in [4.69, 9.17) is 4.99 Å². The van der Waals surface area contributed by atoms with Gasteiger partial charge in [0.2, 0.25) is 5.91 Å². The Bertz CT molecular complexity index is 588. The number of nitrogens with one attached hydrogen (secondary N) is 1. The van der Waals surface area contributed by atoms with Gasteiger partial charge in [-0.3, -0.25) is 9.79 Å². The van der Waals surface area contributed by atoms with Crippen molar-refractivity contribution in [3.63, 3.8) is 0 Å². The van der Waals surface area contributed by atoms with Crippen LogP contribution in [0, 0.1) is 23.7 Å². The second kappa shape index (κ2) is 7.01. The molecule has 4 fully saturated rings. The molecule has 2 aliphatic carbocycles. The number of aliphatic hydroxyl groups excluding tert-OH is 1. The van der Waals surface area contributed by atoms with Crippen LogP contribution in [0.4, 0.5) is 0 Å². The van der Waals surface area contributed by atoms with E-state index < -0.39 is 6.23 Å². The summed E-state index contributed by atoms with van der Waals surface area (Å²) in [5, 5.41) is 15.0. The summed E-state index contributed by atoms with van der Waals surface area (Å²) in [7, 11) is 0. The quantitative estimate of drug-likeness (QED) is 0.791. The molecule has 6 heteroatoms. The number of piperidine rings is 1. The summed E-state index contributed by atoms with van der Waals surface area (Å²) in [5.74, 6) is 2.38. The first kappa shape index (κ1) is 18.6. The van der Waals surface area contributed by atoms with E-state index in [1.54, 1.807) is 11.8 Å². The molecule has 5 nitrogen and oxygen atoms in total. The molecule has 0 aromatic carbocycles. The molecule has 2 saturated carbocycles. The molecule has 4 rings (SSSR count). The van der Waals surface area contributed by atoms with E-state index in [1.807, 2.05) is 18.7 Å². The zero-order valence-electron chi connectivity index (χ0n) is 16.3. The molecule has 2 saturated heterocycles. The van der Waals surface area contributed by atoms with E-state index in [1.165, 1.54) is 25.7 Å². The smallest absolute Gasteiger partial charge is 0.225 e. The van der Waals surface area contributed by atoms with Gasteiger partial charge in [-0.2, -0.15) is 0 Å². The molecule has 2 aliphatic heterocycles. The fourth-order valence-electron chi connectivity index (χ4n) is 5.48. The molecule has 0 aromatic rings. The molecule has 2 heterocycles. The zero-order chi connectivity index (χ0) is 18.5. The highest BCUT2D eigenvalue weighted by Gasteiger charge is 2.49. The first-order valence-electron chi connectivity index (χ1n) is 10.4. The zero-order valence-corrected chi connectivity index (χ0v) is 17.1. The van der Waals surface area contributed by atoms with Gasteiger partial charge in [-0.05, 0) is 56.8 Å². The summed E-state index contributed by atoms with van der Waals surface area (Å²) in [5.41, 5.74) is 0. The fraction of sp³-hybridized carbons (Fsp3) is 0.900. The second-order valence-corrected chi connectivity index (χ2v) is 10.7. The van der Waals surface area contributed by atoms with Crippen molar-refractivity contribution < 1.29 is 9.90 Å².